The number of ether oxygens (including phenoxy) is 1. The Bertz CT molecular complexity index is 1290. The molecular weight excluding hydrogens is 502 g/mol. The molecule has 0 bridgehead atoms. The Labute approximate surface area is 213 Å². The molecule has 0 N–H and O–H groups in total. The van der Waals surface area contributed by atoms with Gasteiger partial charge in [0.25, 0.3) is 5.91 Å². The van der Waals surface area contributed by atoms with Crippen LogP contribution in [0.15, 0.2) is 52.3 Å². The number of carbonyl (C=O) groups excluding carboxylic acids is 1. The van der Waals surface area contributed by atoms with Gasteiger partial charge in [-0.2, -0.15) is 8.61 Å². The van der Waals surface area contributed by atoms with E-state index in [-0.39, 0.29) is 47.4 Å². The number of sulfonamides is 2. The zero-order valence-electron chi connectivity index (χ0n) is 20.7. The van der Waals surface area contributed by atoms with E-state index in [9.17, 15) is 21.6 Å². The topological polar surface area (TPSA) is 104 Å². The van der Waals surface area contributed by atoms with Crippen LogP contribution in [0.5, 0.6) is 5.75 Å². The Morgan fingerprint density at radius 1 is 0.722 bits per heavy atom. The average molecular weight is 536 g/mol. The summed E-state index contributed by atoms with van der Waals surface area (Å²) >= 11 is 0. The molecule has 2 aliphatic rings. The predicted molar refractivity (Wildman–Crippen MR) is 136 cm³/mol. The molecule has 0 unspecified atom stereocenters. The number of benzene rings is 2. The number of nitrogens with zero attached hydrogens (tertiary/aromatic N) is 3. The maximum atomic E-state index is 13.4. The lowest BCUT2D eigenvalue weighted by molar-refractivity contribution is 0.0758. The smallest absolute Gasteiger partial charge is 0.257 e. The standard InChI is InChI=1S/C25H33N3O6S2/c1-20-7-9-21(10-8-20)35(30,31)27-15-17-28(18-16-27)36(32,33)22-11-12-24(34-2)23(19-22)25(29)26-13-5-3-4-6-14-26/h7-12,19H,3-6,13-18H2,1-2H3. The average Bonchev–Trinajstić information content (AvgIpc) is 3.18. The zero-order valence-corrected chi connectivity index (χ0v) is 22.4. The van der Waals surface area contributed by atoms with Crippen LogP contribution in [0.3, 0.4) is 0 Å². The molecule has 0 atom stereocenters. The first-order valence-corrected chi connectivity index (χ1v) is 15.1. The van der Waals surface area contributed by atoms with Crippen molar-refractivity contribution in [1.29, 1.82) is 0 Å². The van der Waals surface area contributed by atoms with Crippen molar-refractivity contribution in [2.45, 2.75) is 42.4 Å². The van der Waals surface area contributed by atoms with Crippen LogP contribution in [-0.4, -0.2) is 82.6 Å². The first-order valence-electron chi connectivity index (χ1n) is 12.2. The van der Waals surface area contributed by atoms with Gasteiger partial charge < -0.3 is 9.64 Å². The van der Waals surface area contributed by atoms with Gasteiger partial charge >= 0.3 is 0 Å². The Morgan fingerprint density at radius 3 is 1.75 bits per heavy atom. The minimum atomic E-state index is -3.93. The molecule has 2 saturated heterocycles. The van der Waals surface area contributed by atoms with Gasteiger partial charge in [-0.1, -0.05) is 30.5 Å². The molecule has 4 rings (SSSR count). The minimum absolute atomic E-state index is 0.00341. The summed E-state index contributed by atoms with van der Waals surface area (Å²) in [6, 6.07) is 10.9. The molecule has 1 amide bonds. The molecule has 0 aromatic heterocycles. The van der Waals surface area contributed by atoms with Crippen LogP contribution in [0, 0.1) is 6.92 Å². The summed E-state index contributed by atoms with van der Waals surface area (Å²) in [5.74, 6) is 0.0945. The Morgan fingerprint density at radius 2 is 1.22 bits per heavy atom. The largest absolute Gasteiger partial charge is 0.496 e. The number of likely N-dealkylation sites (tertiary alicyclic amines) is 1. The van der Waals surface area contributed by atoms with E-state index >= 15 is 0 Å². The molecule has 2 heterocycles. The van der Waals surface area contributed by atoms with Gasteiger partial charge in [-0.25, -0.2) is 16.8 Å². The number of amides is 1. The number of methoxy groups -OCH3 is 1. The van der Waals surface area contributed by atoms with E-state index in [4.69, 9.17) is 4.74 Å². The summed E-state index contributed by atoms with van der Waals surface area (Å²) in [7, 11) is -6.19. The lowest BCUT2D eigenvalue weighted by Gasteiger charge is -2.33. The Kier molecular flexibility index (Phi) is 8.03. The number of hydrogen-bond donors (Lipinski definition) is 0. The fourth-order valence-electron chi connectivity index (χ4n) is 4.62. The Hall–Kier alpha value is -2.47. The molecule has 9 nitrogen and oxygen atoms in total. The van der Waals surface area contributed by atoms with Gasteiger partial charge in [0.1, 0.15) is 5.75 Å². The number of rotatable bonds is 6. The molecule has 0 spiro atoms. The van der Waals surface area contributed by atoms with Gasteiger partial charge in [0.15, 0.2) is 0 Å². The number of piperazine rings is 1. The highest BCUT2D eigenvalue weighted by molar-refractivity contribution is 7.89. The molecule has 196 valence electrons. The van der Waals surface area contributed by atoms with Gasteiger partial charge in [0, 0.05) is 39.3 Å². The number of aryl methyl sites for hydroxylation is 1. The minimum Gasteiger partial charge on any atom is -0.496 e. The molecule has 0 saturated carbocycles. The second kappa shape index (κ2) is 10.9. The molecule has 36 heavy (non-hydrogen) atoms. The van der Waals surface area contributed by atoms with E-state index in [0.717, 1.165) is 31.2 Å². The molecule has 0 radical (unpaired) electrons. The van der Waals surface area contributed by atoms with E-state index in [0.29, 0.717) is 18.8 Å². The van der Waals surface area contributed by atoms with Gasteiger partial charge in [-0.15, -0.1) is 0 Å². The van der Waals surface area contributed by atoms with Crippen LogP contribution < -0.4 is 4.74 Å². The van der Waals surface area contributed by atoms with Gasteiger partial charge in [-0.05, 0) is 50.1 Å². The summed E-state index contributed by atoms with van der Waals surface area (Å²) in [4.78, 5) is 15.2. The fourth-order valence-corrected chi connectivity index (χ4v) is 7.49. The third-order valence-corrected chi connectivity index (χ3v) is 10.6. The van der Waals surface area contributed by atoms with Crippen molar-refractivity contribution in [2.75, 3.05) is 46.4 Å². The van der Waals surface area contributed by atoms with E-state index in [1.54, 1.807) is 29.2 Å². The van der Waals surface area contributed by atoms with Crippen LogP contribution in [0.25, 0.3) is 0 Å². The third kappa shape index (κ3) is 5.44. The van der Waals surface area contributed by atoms with Crippen molar-refractivity contribution < 1.29 is 26.4 Å². The summed E-state index contributed by atoms with van der Waals surface area (Å²) in [5, 5.41) is 0. The zero-order chi connectivity index (χ0) is 25.9. The highest BCUT2D eigenvalue weighted by Gasteiger charge is 2.34. The molecule has 2 aliphatic heterocycles. The summed E-state index contributed by atoms with van der Waals surface area (Å²) in [5.41, 5.74) is 1.18. The highest BCUT2D eigenvalue weighted by atomic mass is 32.2. The maximum absolute atomic E-state index is 13.4. The second-order valence-corrected chi connectivity index (χ2v) is 13.1. The number of carbonyl (C=O) groups is 1. The van der Waals surface area contributed by atoms with Crippen molar-refractivity contribution in [2.24, 2.45) is 0 Å². The van der Waals surface area contributed by atoms with Crippen molar-refractivity contribution in [3.8, 4) is 5.75 Å². The van der Waals surface area contributed by atoms with E-state index in [1.807, 2.05) is 6.92 Å². The monoisotopic (exact) mass is 535 g/mol. The van der Waals surface area contributed by atoms with Crippen LogP contribution in [0.2, 0.25) is 0 Å². The quantitative estimate of drug-likeness (QED) is 0.563. The van der Waals surface area contributed by atoms with Crippen LogP contribution >= 0.6 is 0 Å². The SMILES string of the molecule is COc1ccc(S(=O)(=O)N2CCN(S(=O)(=O)c3ccc(C)cc3)CC2)cc1C(=O)N1CCCCCC1. The maximum Gasteiger partial charge on any atom is 0.257 e. The van der Waals surface area contributed by atoms with Crippen LogP contribution in [0.4, 0.5) is 0 Å². The predicted octanol–water partition coefficient (Wildman–Crippen LogP) is 2.72. The van der Waals surface area contributed by atoms with Crippen molar-refractivity contribution >= 4 is 26.0 Å². The van der Waals surface area contributed by atoms with Gasteiger partial charge in [0.05, 0.1) is 22.5 Å². The molecule has 11 heteroatoms. The van der Waals surface area contributed by atoms with Gasteiger partial charge in [0.2, 0.25) is 20.0 Å². The first-order chi connectivity index (χ1) is 17.1. The molecular formula is C25H33N3O6S2. The second-order valence-electron chi connectivity index (χ2n) is 9.19. The lowest BCUT2D eigenvalue weighted by Crippen LogP contribution is -2.50. The highest BCUT2D eigenvalue weighted by Crippen LogP contribution is 2.28. The molecule has 2 aromatic carbocycles. The van der Waals surface area contributed by atoms with E-state index in [1.165, 1.54) is 33.9 Å². The molecule has 2 aromatic rings. The van der Waals surface area contributed by atoms with Crippen molar-refractivity contribution in [3.63, 3.8) is 0 Å². The summed E-state index contributed by atoms with van der Waals surface area (Å²) in [6.07, 6.45) is 3.98. The van der Waals surface area contributed by atoms with Crippen LogP contribution in [-0.2, 0) is 20.0 Å². The fraction of sp³-hybridized carbons (Fsp3) is 0.480. The lowest BCUT2D eigenvalue weighted by atomic mass is 10.1. The molecule has 2 fully saturated rings. The normalized spacial score (nSPS) is 18.6. The van der Waals surface area contributed by atoms with E-state index < -0.39 is 20.0 Å². The Balaban J connectivity index is 1.52. The molecule has 0 aliphatic carbocycles. The van der Waals surface area contributed by atoms with Crippen molar-refractivity contribution in [1.82, 2.24) is 13.5 Å². The third-order valence-electron chi connectivity index (χ3n) is 6.79. The summed E-state index contributed by atoms with van der Waals surface area (Å²) in [6.45, 7) is 3.29. The number of hydrogen-bond acceptors (Lipinski definition) is 6. The van der Waals surface area contributed by atoms with Crippen LogP contribution in [0.1, 0.15) is 41.6 Å². The van der Waals surface area contributed by atoms with Gasteiger partial charge in [-0.3, -0.25) is 4.79 Å². The van der Waals surface area contributed by atoms with E-state index in [2.05, 4.69) is 0 Å². The summed E-state index contributed by atoms with van der Waals surface area (Å²) < 4.78 is 60.8. The first kappa shape index (κ1) is 26.6. The van der Waals surface area contributed by atoms with Crippen molar-refractivity contribution in [3.05, 3.63) is 53.6 Å².